The molecule has 0 saturated heterocycles. The van der Waals surface area contributed by atoms with Gasteiger partial charge in [0, 0.05) is 0 Å². The lowest BCUT2D eigenvalue weighted by Crippen LogP contribution is -2.36. The molecule has 0 bridgehead atoms. The van der Waals surface area contributed by atoms with E-state index < -0.39 is 0 Å². The Labute approximate surface area is 145 Å². The Kier molecular flexibility index (Phi) is 7.45. The van der Waals surface area contributed by atoms with E-state index in [2.05, 4.69) is 19.9 Å². The summed E-state index contributed by atoms with van der Waals surface area (Å²) in [5, 5.41) is 9.74. The van der Waals surface area contributed by atoms with Crippen LogP contribution in [0.1, 0.15) is 117 Å². The van der Waals surface area contributed by atoms with Gasteiger partial charge in [-0.1, -0.05) is 58.8 Å². The molecule has 1 heteroatoms. The smallest absolute Gasteiger partial charge is 0.0689 e. The Morgan fingerprint density at radius 1 is 0.826 bits per heavy atom. The molecular formula is C22H39N. The molecule has 0 unspecified atom stereocenters. The summed E-state index contributed by atoms with van der Waals surface area (Å²) in [4.78, 5) is 0. The highest BCUT2D eigenvalue weighted by Gasteiger charge is 2.43. The Morgan fingerprint density at radius 2 is 1.43 bits per heavy atom. The van der Waals surface area contributed by atoms with Crippen molar-refractivity contribution >= 4 is 0 Å². The van der Waals surface area contributed by atoms with Crippen LogP contribution in [0.15, 0.2) is 0 Å². The zero-order valence-electron chi connectivity index (χ0n) is 15.8. The van der Waals surface area contributed by atoms with Crippen LogP contribution in [-0.4, -0.2) is 0 Å². The standard InChI is InChI=1S/C22H39N/c1-3-5-7-9-20-10-13-21(14-11-20)15-17-22(19-23,18-16-21)12-8-6-4-2/h20H,3-18H2,1-2H3. The molecule has 1 spiro atoms. The molecule has 0 aromatic carbocycles. The molecule has 0 aromatic heterocycles. The summed E-state index contributed by atoms with van der Waals surface area (Å²) in [7, 11) is 0. The van der Waals surface area contributed by atoms with Crippen LogP contribution in [-0.2, 0) is 0 Å². The third-order valence-electron chi connectivity index (χ3n) is 7.15. The van der Waals surface area contributed by atoms with Gasteiger partial charge in [-0.2, -0.15) is 5.26 Å². The highest BCUT2D eigenvalue weighted by molar-refractivity contribution is 5.04. The molecule has 0 heterocycles. The van der Waals surface area contributed by atoms with E-state index in [1.165, 1.54) is 96.3 Å². The van der Waals surface area contributed by atoms with Gasteiger partial charge in [0.2, 0.25) is 0 Å². The van der Waals surface area contributed by atoms with Crippen LogP contribution in [0, 0.1) is 28.1 Å². The van der Waals surface area contributed by atoms with Gasteiger partial charge in [-0.15, -0.1) is 0 Å². The molecule has 0 atom stereocenters. The van der Waals surface area contributed by atoms with Crippen molar-refractivity contribution in [3.63, 3.8) is 0 Å². The number of hydrogen-bond acceptors (Lipinski definition) is 1. The first-order valence-corrected chi connectivity index (χ1v) is 10.6. The van der Waals surface area contributed by atoms with E-state index in [0.29, 0.717) is 5.41 Å². The van der Waals surface area contributed by atoms with Crippen LogP contribution in [0.4, 0.5) is 0 Å². The number of nitriles is 1. The van der Waals surface area contributed by atoms with Crippen molar-refractivity contribution < 1.29 is 0 Å². The van der Waals surface area contributed by atoms with E-state index in [1.54, 1.807) is 0 Å². The zero-order valence-corrected chi connectivity index (χ0v) is 15.8. The summed E-state index contributed by atoms with van der Waals surface area (Å²) in [5.41, 5.74) is 0.671. The predicted molar refractivity (Wildman–Crippen MR) is 99.2 cm³/mol. The molecule has 23 heavy (non-hydrogen) atoms. The molecular weight excluding hydrogens is 278 g/mol. The fourth-order valence-electron chi connectivity index (χ4n) is 5.15. The van der Waals surface area contributed by atoms with Crippen LogP contribution < -0.4 is 0 Å². The van der Waals surface area contributed by atoms with Gasteiger partial charge in [-0.25, -0.2) is 0 Å². The number of hydrogen-bond donors (Lipinski definition) is 0. The molecule has 0 aromatic rings. The Morgan fingerprint density at radius 3 is 2.00 bits per heavy atom. The van der Waals surface area contributed by atoms with Gasteiger partial charge in [0.05, 0.1) is 11.5 Å². The molecule has 0 radical (unpaired) electrons. The summed E-state index contributed by atoms with van der Waals surface area (Å²) < 4.78 is 0. The van der Waals surface area contributed by atoms with Crippen molar-refractivity contribution in [3.05, 3.63) is 0 Å². The van der Waals surface area contributed by atoms with Crippen LogP contribution >= 0.6 is 0 Å². The van der Waals surface area contributed by atoms with Gasteiger partial charge >= 0.3 is 0 Å². The molecule has 2 aliphatic carbocycles. The maximum atomic E-state index is 9.74. The van der Waals surface area contributed by atoms with Crippen molar-refractivity contribution in [1.82, 2.24) is 0 Å². The van der Waals surface area contributed by atoms with Crippen molar-refractivity contribution in [2.45, 2.75) is 117 Å². The van der Waals surface area contributed by atoms with Gasteiger partial charge in [-0.05, 0) is 69.1 Å². The largest absolute Gasteiger partial charge is 0.198 e. The zero-order chi connectivity index (χ0) is 16.6. The van der Waals surface area contributed by atoms with Crippen molar-refractivity contribution in [2.75, 3.05) is 0 Å². The molecule has 1 nitrogen and oxygen atoms in total. The van der Waals surface area contributed by atoms with Crippen molar-refractivity contribution in [1.29, 1.82) is 5.26 Å². The first kappa shape index (κ1) is 18.8. The van der Waals surface area contributed by atoms with Crippen LogP contribution in [0.2, 0.25) is 0 Å². The van der Waals surface area contributed by atoms with Gasteiger partial charge in [0.15, 0.2) is 0 Å². The maximum absolute atomic E-state index is 9.74. The number of rotatable bonds is 8. The summed E-state index contributed by atoms with van der Waals surface area (Å²) in [6.45, 7) is 4.56. The lowest BCUT2D eigenvalue weighted by atomic mass is 9.57. The van der Waals surface area contributed by atoms with Gasteiger partial charge in [-0.3, -0.25) is 0 Å². The maximum Gasteiger partial charge on any atom is 0.0689 e. The Balaban J connectivity index is 1.76. The molecule has 0 amide bonds. The second-order valence-electron chi connectivity index (χ2n) is 8.79. The summed E-state index contributed by atoms with van der Waals surface area (Å²) >= 11 is 0. The third kappa shape index (κ3) is 5.23. The van der Waals surface area contributed by atoms with Crippen LogP contribution in [0.3, 0.4) is 0 Å². The Bertz CT molecular complexity index is 360. The minimum atomic E-state index is 0.0401. The second kappa shape index (κ2) is 9.10. The van der Waals surface area contributed by atoms with Crippen molar-refractivity contribution in [3.8, 4) is 6.07 Å². The molecule has 2 saturated carbocycles. The minimum absolute atomic E-state index is 0.0401. The predicted octanol–water partition coefficient (Wildman–Crippen LogP) is 7.41. The highest BCUT2D eigenvalue weighted by atomic mass is 14.5. The second-order valence-corrected chi connectivity index (χ2v) is 8.79. The summed E-state index contributed by atoms with van der Waals surface area (Å²) in [5.74, 6) is 1.01. The fraction of sp³-hybridized carbons (Fsp3) is 0.955. The van der Waals surface area contributed by atoms with Gasteiger partial charge in [0.25, 0.3) is 0 Å². The molecule has 2 aliphatic rings. The molecule has 2 rings (SSSR count). The van der Waals surface area contributed by atoms with E-state index in [4.69, 9.17) is 0 Å². The molecule has 2 fully saturated rings. The average molecular weight is 318 g/mol. The molecule has 0 N–H and O–H groups in total. The number of nitrogens with zero attached hydrogens (tertiary/aromatic N) is 1. The van der Waals surface area contributed by atoms with E-state index in [0.717, 1.165) is 12.3 Å². The van der Waals surface area contributed by atoms with E-state index >= 15 is 0 Å². The topological polar surface area (TPSA) is 23.8 Å². The lowest BCUT2D eigenvalue weighted by molar-refractivity contribution is 0.0491. The number of unbranched alkanes of at least 4 members (excludes halogenated alkanes) is 4. The van der Waals surface area contributed by atoms with Crippen LogP contribution in [0.25, 0.3) is 0 Å². The van der Waals surface area contributed by atoms with E-state index in [9.17, 15) is 5.26 Å². The van der Waals surface area contributed by atoms with Crippen LogP contribution in [0.5, 0.6) is 0 Å². The fourth-order valence-corrected chi connectivity index (χ4v) is 5.15. The van der Waals surface area contributed by atoms with Gasteiger partial charge in [0.1, 0.15) is 0 Å². The quantitative estimate of drug-likeness (QED) is 0.427. The highest BCUT2D eigenvalue weighted by Crippen LogP contribution is 2.55. The summed E-state index contributed by atoms with van der Waals surface area (Å²) in [6.07, 6.45) is 21.6. The van der Waals surface area contributed by atoms with E-state index in [-0.39, 0.29) is 5.41 Å². The first-order chi connectivity index (χ1) is 11.2. The molecule has 0 aliphatic heterocycles. The van der Waals surface area contributed by atoms with E-state index in [1.807, 2.05) is 0 Å². The summed E-state index contributed by atoms with van der Waals surface area (Å²) in [6, 6.07) is 2.74. The normalized spacial score (nSPS) is 34.4. The average Bonchev–Trinajstić information content (AvgIpc) is 2.59. The SMILES string of the molecule is CCCCCC1CCC2(CC1)CCC(C#N)(CCCCC)CC2. The minimum Gasteiger partial charge on any atom is -0.198 e. The monoisotopic (exact) mass is 317 g/mol. The molecule has 132 valence electrons. The lowest BCUT2D eigenvalue weighted by Gasteiger charge is -2.47. The van der Waals surface area contributed by atoms with Gasteiger partial charge < -0.3 is 0 Å². The Hall–Kier alpha value is -0.510. The third-order valence-corrected chi connectivity index (χ3v) is 7.15. The van der Waals surface area contributed by atoms with Crippen molar-refractivity contribution in [2.24, 2.45) is 16.7 Å². The first-order valence-electron chi connectivity index (χ1n) is 10.6.